The highest BCUT2D eigenvalue weighted by Gasteiger charge is 2.37. The lowest BCUT2D eigenvalue weighted by Crippen LogP contribution is -2.45. The molecule has 1 saturated heterocycles. The predicted octanol–water partition coefficient (Wildman–Crippen LogP) is 2.28. The Hall–Kier alpha value is -2.50. The summed E-state index contributed by atoms with van der Waals surface area (Å²) in [7, 11) is 0. The van der Waals surface area contributed by atoms with Crippen LogP contribution in [0.25, 0.3) is 0 Å². The molecule has 2 aliphatic rings. The molecule has 1 aliphatic carbocycles. The third kappa shape index (κ3) is 3.78. The summed E-state index contributed by atoms with van der Waals surface area (Å²) < 4.78 is 0. The number of carbonyl (C=O) groups excluding carboxylic acids is 1. The van der Waals surface area contributed by atoms with Gasteiger partial charge in [-0.25, -0.2) is 4.98 Å². The van der Waals surface area contributed by atoms with Gasteiger partial charge in [0, 0.05) is 37.7 Å². The molecule has 1 amide bonds. The van der Waals surface area contributed by atoms with Crippen molar-refractivity contribution < 1.29 is 4.79 Å². The summed E-state index contributed by atoms with van der Waals surface area (Å²) in [5, 5.41) is 0. The summed E-state index contributed by atoms with van der Waals surface area (Å²) in [6.45, 7) is 2.28. The molecule has 0 aromatic carbocycles. The van der Waals surface area contributed by atoms with Crippen molar-refractivity contribution in [3.63, 3.8) is 0 Å². The van der Waals surface area contributed by atoms with Crippen molar-refractivity contribution >= 4 is 11.7 Å². The van der Waals surface area contributed by atoms with Crippen LogP contribution in [0, 0.1) is 5.92 Å². The maximum atomic E-state index is 13.2. The smallest absolute Gasteiger partial charge is 0.228 e. The highest BCUT2D eigenvalue weighted by Crippen LogP contribution is 2.31. The van der Waals surface area contributed by atoms with Crippen molar-refractivity contribution in [1.82, 2.24) is 19.9 Å². The Morgan fingerprint density at radius 1 is 1.16 bits per heavy atom. The van der Waals surface area contributed by atoms with E-state index in [0.717, 1.165) is 50.3 Å². The van der Waals surface area contributed by atoms with E-state index < -0.39 is 0 Å². The summed E-state index contributed by atoms with van der Waals surface area (Å²) in [6, 6.07) is 6.28. The first-order chi connectivity index (χ1) is 12.3. The average molecular weight is 337 g/mol. The molecule has 2 fully saturated rings. The van der Waals surface area contributed by atoms with Crippen LogP contribution in [0.5, 0.6) is 0 Å². The molecule has 2 aromatic heterocycles. The number of carbonyl (C=O) groups is 1. The van der Waals surface area contributed by atoms with E-state index in [1.165, 1.54) is 0 Å². The minimum atomic E-state index is 0.0278. The van der Waals surface area contributed by atoms with Crippen LogP contribution in [0.15, 0.2) is 43.0 Å². The predicted molar refractivity (Wildman–Crippen MR) is 94.8 cm³/mol. The van der Waals surface area contributed by atoms with Crippen LogP contribution in [0.1, 0.15) is 31.4 Å². The molecule has 0 N–H and O–H groups in total. The Balaban J connectivity index is 1.46. The number of hydrogen-bond donors (Lipinski definition) is 0. The molecule has 25 heavy (non-hydrogen) atoms. The fourth-order valence-electron chi connectivity index (χ4n) is 3.52. The zero-order valence-electron chi connectivity index (χ0n) is 14.3. The SMILES string of the molecule is O=C(C1CCCN(c2cnccn2)C1)N(Cc1ccccn1)C1CC1. The first-order valence-corrected chi connectivity index (χ1v) is 9.02. The van der Waals surface area contributed by atoms with E-state index >= 15 is 0 Å². The highest BCUT2D eigenvalue weighted by molar-refractivity contribution is 5.80. The number of hydrogen-bond acceptors (Lipinski definition) is 5. The van der Waals surface area contributed by atoms with Gasteiger partial charge in [0.1, 0.15) is 5.82 Å². The number of aromatic nitrogens is 3. The second kappa shape index (κ2) is 7.17. The summed E-state index contributed by atoms with van der Waals surface area (Å²) >= 11 is 0. The second-order valence-corrected chi connectivity index (χ2v) is 6.87. The monoisotopic (exact) mass is 337 g/mol. The molecule has 0 bridgehead atoms. The minimum absolute atomic E-state index is 0.0278. The molecule has 1 saturated carbocycles. The van der Waals surface area contributed by atoms with Crippen LogP contribution in [0.4, 0.5) is 5.82 Å². The van der Waals surface area contributed by atoms with Gasteiger partial charge in [-0.15, -0.1) is 0 Å². The van der Waals surface area contributed by atoms with Gasteiger partial charge in [-0.3, -0.25) is 14.8 Å². The van der Waals surface area contributed by atoms with E-state index in [0.29, 0.717) is 12.6 Å². The number of anilines is 1. The normalized spacial score (nSPS) is 20.3. The average Bonchev–Trinajstić information content (AvgIpc) is 3.52. The summed E-state index contributed by atoms with van der Waals surface area (Å²) in [5.41, 5.74) is 0.962. The van der Waals surface area contributed by atoms with Crippen LogP contribution in [-0.4, -0.2) is 44.9 Å². The lowest BCUT2D eigenvalue weighted by atomic mass is 9.96. The van der Waals surface area contributed by atoms with E-state index in [9.17, 15) is 4.79 Å². The van der Waals surface area contributed by atoms with Gasteiger partial charge in [0.25, 0.3) is 0 Å². The number of nitrogens with zero attached hydrogens (tertiary/aromatic N) is 5. The number of amides is 1. The molecule has 6 heteroatoms. The lowest BCUT2D eigenvalue weighted by Gasteiger charge is -2.35. The molecule has 0 spiro atoms. The van der Waals surface area contributed by atoms with Crippen molar-refractivity contribution in [2.24, 2.45) is 5.92 Å². The van der Waals surface area contributed by atoms with Crippen molar-refractivity contribution in [2.75, 3.05) is 18.0 Å². The molecular formula is C19H23N5O. The molecular weight excluding hydrogens is 314 g/mol. The Kier molecular flexibility index (Phi) is 4.59. The molecule has 3 heterocycles. The summed E-state index contributed by atoms with van der Waals surface area (Å²) in [5.74, 6) is 1.16. The van der Waals surface area contributed by atoms with Crippen molar-refractivity contribution in [2.45, 2.75) is 38.3 Å². The highest BCUT2D eigenvalue weighted by atomic mass is 16.2. The fourth-order valence-corrected chi connectivity index (χ4v) is 3.52. The van der Waals surface area contributed by atoms with Crippen LogP contribution >= 0.6 is 0 Å². The molecule has 130 valence electrons. The largest absolute Gasteiger partial charge is 0.355 e. The summed E-state index contributed by atoms with van der Waals surface area (Å²) in [4.78, 5) is 30.4. The van der Waals surface area contributed by atoms with Crippen molar-refractivity contribution in [1.29, 1.82) is 0 Å². The Morgan fingerprint density at radius 2 is 2.08 bits per heavy atom. The van der Waals surface area contributed by atoms with Crippen LogP contribution in [0.2, 0.25) is 0 Å². The third-order valence-corrected chi connectivity index (χ3v) is 4.97. The van der Waals surface area contributed by atoms with Gasteiger partial charge >= 0.3 is 0 Å². The minimum Gasteiger partial charge on any atom is -0.355 e. The number of rotatable bonds is 5. The van der Waals surface area contributed by atoms with Gasteiger partial charge < -0.3 is 9.80 Å². The van der Waals surface area contributed by atoms with Crippen molar-refractivity contribution in [3.05, 3.63) is 48.7 Å². The Morgan fingerprint density at radius 3 is 2.80 bits per heavy atom. The standard InChI is InChI=1S/C19H23N5O/c25-19(24(17-6-7-17)14-16-5-1-2-8-21-16)15-4-3-11-23(13-15)18-12-20-9-10-22-18/h1-2,5,8-10,12,15,17H,3-4,6-7,11,13-14H2. The van der Waals surface area contributed by atoms with Gasteiger partial charge in [-0.05, 0) is 37.8 Å². The van der Waals surface area contributed by atoms with Crippen LogP contribution in [0.3, 0.4) is 0 Å². The van der Waals surface area contributed by atoms with Gasteiger partial charge in [0.05, 0.1) is 24.4 Å². The van der Waals surface area contributed by atoms with Crippen molar-refractivity contribution in [3.8, 4) is 0 Å². The number of pyridine rings is 1. The zero-order valence-corrected chi connectivity index (χ0v) is 14.3. The molecule has 1 aliphatic heterocycles. The van der Waals surface area contributed by atoms with E-state index in [-0.39, 0.29) is 11.8 Å². The zero-order chi connectivity index (χ0) is 17.1. The molecule has 1 atom stereocenters. The molecule has 6 nitrogen and oxygen atoms in total. The summed E-state index contributed by atoms with van der Waals surface area (Å²) in [6.07, 6.45) is 11.1. The van der Waals surface area contributed by atoms with Gasteiger partial charge in [0.2, 0.25) is 5.91 Å². The second-order valence-electron chi connectivity index (χ2n) is 6.87. The maximum Gasteiger partial charge on any atom is 0.228 e. The van der Waals surface area contributed by atoms with E-state index in [2.05, 4.69) is 19.9 Å². The topological polar surface area (TPSA) is 62.2 Å². The van der Waals surface area contributed by atoms with Crippen LogP contribution in [-0.2, 0) is 11.3 Å². The van der Waals surface area contributed by atoms with E-state index in [1.807, 2.05) is 23.1 Å². The quantitative estimate of drug-likeness (QED) is 0.838. The Bertz CT molecular complexity index is 704. The molecule has 1 unspecified atom stereocenters. The molecule has 0 radical (unpaired) electrons. The molecule has 4 rings (SSSR count). The van der Waals surface area contributed by atoms with Gasteiger partial charge in [0.15, 0.2) is 0 Å². The van der Waals surface area contributed by atoms with E-state index in [1.54, 1.807) is 24.8 Å². The first-order valence-electron chi connectivity index (χ1n) is 9.02. The third-order valence-electron chi connectivity index (χ3n) is 4.97. The first kappa shape index (κ1) is 16.0. The Labute approximate surface area is 147 Å². The lowest BCUT2D eigenvalue weighted by molar-refractivity contribution is -0.137. The van der Waals surface area contributed by atoms with Gasteiger partial charge in [-0.2, -0.15) is 0 Å². The maximum absolute atomic E-state index is 13.2. The fraction of sp³-hybridized carbons (Fsp3) is 0.474. The molecule has 2 aromatic rings. The number of piperidine rings is 1. The van der Waals surface area contributed by atoms with Gasteiger partial charge in [-0.1, -0.05) is 6.07 Å². The van der Waals surface area contributed by atoms with E-state index in [4.69, 9.17) is 0 Å². The van der Waals surface area contributed by atoms with Crippen LogP contribution < -0.4 is 4.90 Å².